The Morgan fingerprint density at radius 3 is 2.12 bits per heavy atom. The highest BCUT2D eigenvalue weighted by Gasteiger charge is 2.35. The van der Waals surface area contributed by atoms with Crippen molar-refractivity contribution in [1.29, 1.82) is 0 Å². The molecule has 0 bridgehead atoms. The van der Waals surface area contributed by atoms with E-state index in [1.807, 2.05) is 0 Å². The van der Waals surface area contributed by atoms with Crippen LogP contribution in [0.5, 0.6) is 0 Å². The zero-order valence-electron chi connectivity index (χ0n) is 13.4. The summed E-state index contributed by atoms with van der Waals surface area (Å²) in [4.78, 5) is 38.3. The molecule has 0 unspecified atom stereocenters. The van der Waals surface area contributed by atoms with E-state index in [9.17, 15) is 14.4 Å². The van der Waals surface area contributed by atoms with Crippen molar-refractivity contribution in [3.8, 4) is 0 Å². The second-order valence-electron chi connectivity index (χ2n) is 5.84. The van der Waals surface area contributed by atoms with E-state index in [1.165, 1.54) is 6.07 Å². The topological polar surface area (TPSA) is 67.6 Å². The van der Waals surface area contributed by atoms with Gasteiger partial charge in [-0.25, -0.2) is 0 Å². The van der Waals surface area contributed by atoms with Gasteiger partial charge in [-0.2, -0.15) is 0 Å². The van der Waals surface area contributed by atoms with Gasteiger partial charge in [0.25, 0.3) is 11.8 Å². The molecule has 0 saturated heterocycles. The monoisotopic (exact) mass is 365 g/mol. The Kier molecular flexibility index (Phi) is 3.93. The first-order valence-corrected chi connectivity index (χ1v) is 8.26. The van der Waals surface area contributed by atoms with Crippen LogP contribution in [0.4, 0.5) is 0 Å². The standard InChI is InChI=1S/C20H12ClNO4/c21-13-7-5-12(6-8-13)18(23)17-10-9-14(26-17)11-22-19(24)15-3-1-2-4-16(15)20(22)25/h1-10H,11H2. The van der Waals surface area contributed by atoms with Crippen LogP contribution in [0.1, 0.15) is 42.6 Å². The van der Waals surface area contributed by atoms with Crippen molar-refractivity contribution in [2.24, 2.45) is 0 Å². The number of fused-ring (bicyclic) bond motifs is 1. The van der Waals surface area contributed by atoms with Gasteiger partial charge >= 0.3 is 0 Å². The largest absolute Gasteiger partial charge is 0.456 e. The van der Waals surface area contributed by atoms with Crippen molar-refractivity contribution >= 4 is 29.2 Å². The van der Waals surface area contributed by atoms with E-state index >= 15 is 0 Å². The van der Waals surface area contributed by atoms with Gasteiger partial charge in [0.1, 0.15) is 5.76 Å². The fourth-order valence-electron chi connectivity index (χ4n) is 2.87. The minimum absolute atomic E-state index is 0.0275. The highest BCUT2D eigenvalue weighted by molar-refractivity contribution is 6.30. The van der Waals surface area contributed by atoms with Gasteiger partial charge in [-0.3, -0.25) is 19.3 Å². The van der Waals surface area contributed by atoms with Crippen LogP contribution < -0.4 is 0 Å². The predicted molar refractivity (Wildman–Crippen MR) is 94.2 cm³/mol. The number of nitrogens with zero attached hydrogens (tertiary/aromatic N) is 1. The van der Waals surface area contributed by atoms with Crippen molar-refractivity contribution in [2.45, 2.75) is 6.54 Å². The molecule has 3 aromatic rings. The van der Waals surface area contributed by atoms with Crippen molar-refractivity contribution in [2.75, 3.05) is 0 Å². The maximum Gasteiger partial charge on any atom is 0.261 e. The van der Waals surface area contributed by atoms with E-state index in [2.05, 4.69) is 0 Å². The second kappa shape index (κ2) is 6.28. The zero-order valence-corrected chi connectivity index (χ0v) is 14.2. The van der Waals surface area contributed by atoms with Crippen LogP contribution in [0.3, 0.4) is 0 Å². The van der Waals surface area contributed by atoms with E-state index in [-0.39, 0.29) is 29.9 Å². The minimum atomic E-state index is -0.368. The van der Waals surface area contributed by atoms with Crippen LogP contribution in [0, 0.1) is 0 Å². The molecule has 128 valence electrons. The Labute approximate surface area is 153 Å². The molecule has 2 heterocycles. The molecule has 2 amide bonds. The van der Waals surface area contributed by atoms with Gasteiger partial charge in [-0.15, -0.1) is 0 Å². The summed E-state index contributed by atoms with van der Waals surface area (Å²) in [5, 5.41) is 0.535. The van der Waals surface area contributed by atoms with Gasteiger partial charge in [0.2, 0.25) is 5.78 Å². The van der Waals surface area contributed by atoms with Gasteiger partial charge in [0, 0.05) is 10.6 Å². The molecule has 0 spiro atoms. The minimum Gasteiger partial charge on any atom is -0.456 e. The van der Waals surface area contributed by atoms with Gasteiger partial charge in [0.15, 0.2) is 5.76 Å². The third-order valence-corrected chi connectivity index (χ3v) is 4.44. The number of benzene rings is 2. The number of hydrogen-bond acceptors (Lipinski definition) is 4. The summed E-state index contributed by atoms with van der Waals surface area (Å²) in [5.74, 6) is -0.536. The van der Waals surface area contributed by atoms with Crippen molar-refractivity contribution < 1.29 is 18.8 Å². The third-order valence-electron chi connectivity index (χ3n) is 4.18. The van der Waals surface area contributed by atoms with E-state index in [0.29, 0.717) is 27.5 Å². The smallest absolute Gasteiger partial charge is 0.261 e. The summed E-state index contributed by atoms with van der Waals surface area (Å²) in [6.45, 7) is -0.0275. The number of rotatable bonds is 4. The lowest BCUT2D eigenvalue weighted by molar-refractivity contribution is 0.0631. The maximum absolute atomic E-state index is 12.4. The Morgan fingerprint density at radius 2 is 1.50 bits per heavy atom. The third kappa shape index (κ3) is 2.72. The number of halogens is 1. The zero-order chi connectivity index (χ0) is 18.3. The Hall–Kier alpha value is -3.18. The van der Waals surface area contributed by atoms with Crippen LogP contribution in [0.15, 0.2) is 65.1 Å². The van der Waals surface area contributed by atoms with Crippen LogP contribution >= 0.6 is 11.6 Å². The number of furan rings is 1. The molecule has 0 atom stereocenters. The van der Waals surface area contributed by atoms with Crippen molar-refractivity contribution in [1.82, 2.24) is 4.90 Å². The molecule has 2 aromatic carbocycles. The molecule has 0 radical (unpaired) electrons. The van der Waals surface area contributed by atoms with Crippen LogP contribution in [0.2, 0.25) is 5.02 Å². The number of carbonyl (C=O) groups excluding carboxylic acids is 3. The van der Waals surface area contributed by atoms with Crippen molar-refractivity contribution in [3.05, 3.63) is 93.9 Å². The van der Waals surface area contributed by atoms with E-state index in [4.69, 9.17) is 16.0 Å². The summed E-state index contributed by atoms with van der Waals surface area (Å²) in [7, 11) is 0. The SMILES string of the molecule is O=C(c1ccc(Cl)cc1)c1ccc(CN2C(=O)c3ccccc3C2=O)o1. The van der Waals surface area contributed by atoms with Crippen LogP contribution in [0.25, 0.3) is 0 Å². The first-order chi connectivity index (χ1) is 12.5. The number of hydrogen-bond donors (Lipinski definition) is 0. The van der Waals surface area contributed by atoms with Crippen LogP contribution in [-0.4, -0.2) is 22.5 Å². The first kappa shape index (κ1) is 16.3. The average molecular weight is 366 g/mol. The van der Waals surface area contributed by atoms with Crippen molar-refractivity contribution in [3.63, 3.8) is 0 Å². The second-order valence-corrected chi connectivity index (χ2v) is 6.28. The van der Waals surface area contributed by atoms with E-state index < -0.39 is 0 Å². The molecule has 0 aliphatic carbocycles. The molecular formula is C20H12ClNO4. The summed E-state index contributed by atoms with van der Waals surface area (Å²) >= 11 is 5.82. The van der Waals surface area contributed by atoms with Gasteiger partial charge in [-0.1, -0.05) is 23.7 Å². The maximum atomic E-state index is 12.4. The fraction of sp³-hybridized carbons (Fsp3) is 0.0500. The summed E-state index contributed by atoms with van der Waals surface area (Å²) in [6.07, 6.45) is 0. The lowest BCUT2D eigenvalue weighted by Crippen LogP contribution is -2.28. The lowest BCUT2D eigenvalue weighted by Gasteiger charge is -2.11. The van der Waals surface area contributed by atoms with E-state index in [0.717, 1.165) is 4.90 Å². The number of imide groups is 1. The molecule has 26 heavy (non-hydrogen) atoms. The molecule has 4 rings (SSSR count). The molecule has 0 fully saturated rings. The average Bonchev–Trinajstić information content (AvgIpc) is 3.22. The predicted octanol–water partition coefficient (Wildman–Crippen LogP) is 3.96. The molecule has 0 saturated carbocycles. The first-order valence-electron chi connectivity index (χ1n) is 7.89. The molecular weight excluding hydrogens is 354 g/mol. The summed E-state index contributed by atoms with van der Waals surface area (Å²) < 4.78 is 5.56. The number of carbonyl (C=O) groups is 3. The molecule has 6 heteroatoms. The number of ketones is 1. The van der Waals surface area contributed by atoms with Crippen LogP contribution in [-0.2, 0) is 6.54 Å². The summed E-state index contributed by atoms with van der Waals surface area (Å²) in [6, 6.07) is 16.2. The Bertz CT molecular complexity index is 1000. The van der Waals surface area contributed by atoms with E-state index in [1.54, 1.807) is 54.6 Å². The fourth-order valence-corrected chi connectivity index (χ4v) is 2.99. The quantitative estimate of drug-likeness (QED) is 0.518. The molecule has 5 nitrogen and oxygen atoms in total. The molecule has 0 N–H and O–H groups in total. The highest BCUT2D eigenvalue weighted by Crippen LogP contribution is 2.25. The molecule has 1 aliphatic heterocycles. The molecule has 1 aliphatic rings. The van der Waals surface area contributed by atoms with Gasteiger partial charge in [0.05, 0.1) is 17.7 Å². The normalized spacial score (nSPS) is 13.2. The Balaban J connectivity index is 1.54. The lowest BCUT2D eigenvalue weighted by atomic mass is 10.1. The number of amides is 2. The highest BCUT2D eigenvalue weighted by atomic mass is 35.5. The van der Waals surface area contributed by atoms with Gasteiger partial charge in [-0.05, 0) is 48.5 Å². The molecule has 1 aromatic heterocycles. The Morgan fingerprint density at radius 1 is 0.885 bits per heavy atom. The van der Waals surface area contributed by atoms with Gasteiger partial charge < -0.3 is 4.42 Å². The summed E-state index contributed by atoms with van der Waals surface area (Å²) in [5.41, 5.74) is 1.19.